The highest BCUT2D eigenvalue weighted by Gasteiger charge is 2.18. The lowest BCUT2D eigenvalue weighted by atomic mass is 10.00. The van der Waals surface area contributed by atoms with Crippen LogP contribution >= 0.6 is 11.8 Å². The second-order valence-corrected chi connectivity index (χ2v) is 8.37. The average Bonchev–Trinajstić information content (AvgIpc) is 2.72. The first kappa shape index (κ1) is 21.2. The van der Waals surface area contributed by atoms with Crippen molar-refractivity contribution < 1.29 is 9.84 Å². The van der Waals surface area contributed by atoms with E-state index in [0.717, 1.165) is 38.3 Å². The maximum Gasteiger partial charge on any atom is 0.119 e. The molecule has 1 heterocycles. The minimum absolute atomic E-state index is 0.322. The smallest absolute Gasteiger partial charge is 0.119 e. The van der Waals surface area contributed by atoms with E-state index in [1.165, 1.54) is 28.9 Å². The molecule has 0 radical (unpaired) electrons. The molecule has 1 aliphatic rings. The van der Waals surface area contributed by atoms with Crippen molar-refractivity contribution in [2.75, 3.05) is 38.2 Å². The zero-order chi connectivity index (χ0) is 19.6. The van der Waals surface area contributed by atoms with Gasteiger partial charge in [0.2, 0.25) is 0 Å². The molecule has 0 saturated carbocycles. The molecule has 1 atom stereocenters. The van der Waals surface area contributed by atoms with Gasteiger partial charge in [-0.05, 0) is 60.2 Å². The molecule has 28 heavy (non-hydrogen) atoms. The third-order valence-electron chi connectivity index (χ3n) is 5.05. The molecule has 0 amide bonds. The molecule has 5 heteroatoms. The number of β-amino-alcohol motifs (C(OH)–C–C–N with tert-alkyl or cyclic N) is 1. The highest BCUT2D eigenvalue weighted by molar-refractivity contribution is 7.98. The van der Waals surface area contributed by atoms with E-state index in [9.17, 15) is 5.11 Å². The maximum atomic E-state index is 10.4. The summed E-state index contributed by atoms with van der Waals surface area (Å²) in [5.74, 6) is 2.02. The standard InChI is InChI=1S/C23H32N2O2S/c1-28-13-5-11-24-15-19-6-4-9-23(14-19)27-18-22(26)17-25-12-10-20-7-2-3-8-21(20)16-25/h2-4,6-9,14,22,24,26H,5,10-13,15-18H2,1H3. The fourth-order valence-corrected chi connectivity index (χ4v) is 4.01. The van der Waals surface area contributed by atoms with Crippen LogP contribution in [0.25, 0.3) is 0 Å². The molecule has 2 N–H and O–H groups in total. The summed E-state index contributed by atoms with van der Waals surface area (Å²) < 4.78 is 5.86. The van der Waals surface area contributed by atoms with E-state index in [4.69, 9.17) is 4.74 Å². The normalized spacial score (nSPS) is 15.2. The van der Waals surface area contributed by atoms with Gasteiger partial charge in [-0.15, -0.1) is 0 Å². The molecule has 0 aromatic heterocycles. The molecule has 0 spiro atoms. The third-order valence-corrected chi connectivity index (χ3v) is 5.75. The molecule has 1 unspecified atom stereocenters. The Bertz CT molecular complexity index is 725. The molecule has 1 aliphatic heterocycles. The first-order valence-corrected chi connectivity index (χ1v) is 11.5. The van der Waals surface area contributed by atoms with Gasteiger partial charge in [0.05, 0.1) is 0 Å². The average molecular weight is 401 g/mol. The monoisotopic (exact) mass is 400 g/mol. The van der Waals surface area contributed by atoms with Gasteiger partial charge in [-0.25, -0.2) is 0 Å². The van der Waals surface area contributed by atoms with E-state index in [-0.39, 0.29) is 0 Å². The molecular weight excluding hydrogens is 368 g/mol. The second kappa shape index (κ2) is 11.5. The summed E-state index contributed by atoms with van der Waals surface area (Å²) in [5.41, 5.74) is 4.02. The summed E-state index contributed by atoms with van der Waals surface area (Å²) in [7, 11) is 0. The van der Waals surface area contributed by atoms with Gasteiger partial charge < -0.3 is 15.2 Å². The third kappa shape index (κ3) is 6.82. The number of ether oxygens (including phenoxy) is 1. The largest absolute Gasteiger partial charge is 0.491 e. The molecule has 0 fully saturated rings. The van der Waals surface area contributed by atoms with Crippen molar-refractivity contribution in [3.8, 4) is 5.75 Å². The number of aliphatic hydroxyl groups is 1. The number of nitrogens with one attached hydrogen (secondary N) is 1. The fraction of sp³-hybridized carbons (Fsp3) is 0.478. The molecular formula is C23H32N2O2S. The Morgan fingerprint density at radius 3 is 2.89 bits per heavy atom. The summed E-state index contributed by atoms with van der Waals surface area (Å²) in [5, 5.41) is 13.9. The van der Waals surface area contributed by atoms with Crippen LogP contribution in [-0.4, -0.2) is 54.4 Å². The van der Waals surface area contributed by atoms with Crippen LogP contribution in [0, 0.1) is 0 Å². The van der Waals surface area contributed by atoms with Gasteiger partial charge in [0.25, 0.3) is 0 Å². The Hall–Kier alpha value is -1.53. The zero-order valence-electron chi connectivity index (χ0n) is 16.8. The van der Waals surface area contributed by atoms with E-state index in [1.54, 1.807) is 0 Å². The van der Waals surface area contributed by atoms with E-state index in [2.05, 4.69) is 52.9 Å². The summed E-state index contributed by atoms with van der Waals surface area (Å²) in [6.45, 7) is 4.75. The van der Waals surface area contributed by atoms with E-state index in [1.807, 2.05) is 23.9 Å². The van der Waals surface area contributed by atoms with E-state index >= 15 is 0 Å². The molecule has 2 aromatic rings. The summed E-state index contributed by atoms with van der Waals surface area (Å²) in [6.07, 6.45) is 3.89. The van der Waals surface area contributed by atoms with Crippen LogP contribution in [0.3, 0.4) is 0 Å². The van der Waals surface area contributed by atoms with Gasteiger partial charge in [-0.3, -0.25) is 4.90 Å². The Labute approximate surface area is 173 Å². The predicted molar refractivity (Wildman–Crippen MR) is 118 cm³/mol. The quantitative estimate of drug-likeness (QED) is 0.567. The van der Waals surface area contributed by atoms with Crippen LogP contribution in [0.2, 0.25) is 0 Å². The highest BCUT2D eigenvalue weighted by atomic mass is 32.2. The number of aliphatic hydroxyl groups excluding tert-OH is 1. The Morgan fingerprint density at radius 2 is 2.04 bits per heavy atom. The van der Waals surface area contributed by atoms with Crippen molar-refractivity contribution in [1.29, 1.82) is 0 Å². The Kier molecular flexibility index (Phi) is 8.68. The van der Waals surface area contributed by atoms with Crippen LogP contribution in [0.15, 0.2) is 48.5 Å². The van der Waals surface area contributed by atoms with Crippen LogP contribution in [-0.2, 0) is 19.5 Å². The first-order valence-electron chi connectivity index (χ1n) is 10.1. The predicted octanol–water partition coefficient (Wildman–Crippen LogP) is 3.33. The first-order chi connectivity index (χ1) is 13.7. The van der Waals surface area contributed by atoms with Crippen LogP contribution in [0.5, 0.6) is 5.75 Å². The van der Waals surface area contributed by atoms with Crippen molar-refractivity contribution in [3.05, 3.63) is 65.2 Å². The SMILES string of the molecule is CSCCCNCc1cccc(OCC(O)CN2CCc3ccccc3C2)c1. The van der Waals surface area contributed by atoms with Gasteiger partial charge in [0.1, 0.15) is 18.5 Å². The number of fused-ring (bicyclic) bond motifs is 1. The van der Waals surface area contributed by atoms with Crippen molar-refractivity contribution in [1.82, 2.24) is 10.2 Å². The number of thioether (sulfide) groups is 1. The second-order valence-electron chi connectivity index (χ2n) is 7.39. The number of hydrogen-bond donors (Lipinski definition) is 2. The zero-order valence-corrected chi connectivity index (χ0v) is 17.6. The van der Waals surface area contributed by atoms with Crippen molar-refractivity contribution in [2.24, 2.45) is 0 Å². The Balaban J connectivity index is 1.40. The molecule has 152 valence electrons. The molecule has 0 aliphatic carbocycles. The lowest BCUT2D eigenvalue weighted by molar-refractivity contribution is 0.0637. The maximum absolute atomic E-state index is 10.4. The topological polar surface area (TPSA) is 44.7 Å². The highest BCUT2D eigenvalue weighted by Crippen LogP contribution is 2.19. The van der Waals surface area contributed by atoms with Crippen LogP contribution < -0.4 is 10.1 Å². The van der Waals surface area contributed by atoms with E-state index in [0.29, 0.717) is 13.2 Å². The minimum atomic E-state index is -0.487. The summed E-state index contributed by atoms with van der Waals surface area (Å²) in [4.78, 5) is 2.31. The minimum Gasteiger partial charge on any atom is -0.491 e. The van der Waals surface area contributed by atoms with Crippen LogP contribution in [0.1, 0.15) is 23.1 Å². The molecule has 3 rings (SSSR count). The van der Waals surface area contributed by atoms with Crippen LogP contribution in [0.4, 0.5) is 0 Å². The van der Waals surface area contributed by atoms with Gasteiger partial charge in [0, 0.05) is 26.2 Å². The number of benzene rings is 2. The van der Waals surface area contributed by atoms with E-state index < -0.39 is 6.10 Å². The summed E-state index contributed by atoms with van der Waals surface area (Å²) in [6, 6.07) is 16.7. The van der Waals surface area contributed by atoms with Gasteiger partial charge in [0.15, 0.2) is 0 Å². The lowest BCUT2D eigenvalue weighted by Gasteiger charge is -2.30. The molecule has 4 nitrogen and oxygen atoms in total. The van der Waals surface area contributed by atoms with Crippen molar-refractivity contribution in [3.63, 3.8) is 0 Å². The van der Waals surface area contributed by atoms with Gasteiger partial charge in [-0.2, -0.15) is 11.8 Å². The van der Waals surface area contributed by atoms with Crippen molar-refractivity contribution in [2.45, 2.75) is 32.0 Å². The number of rotatable bonds is 11. The fourth-order valence-electron chi connectivity index (χ4n) is 3.57. The number of hydrogen-bond acceptors (Lipinski definition) is 5. The van der Waals surface area contributed by atoms with Crippen molar-refractivity contribution >= 4 is 11.8 Å². The number of nitrogens with zero attached hydrogens (tertiary/aromatic N) is 1. The van der Waals surface area contributed by atoms with Gasteiger partial charge >= 0.3 is 0 Å². The summed E-state index contributed by atoms with van der Waals surface area (Å²) >= 11 is 1.88. The molecule has 0 saturated heterocycles. The van der Waals surface area contributed by atoms with Gasteiger partial charge in [-0.1, -0.05) is 36.4 Å². The molecule has 2 aromatic carbocycles. The lowest BCUT2D eigenvalue weighted by Crippen LogP contribution is -2.38. The molecule has 0 bridgehead atoms. The Morgan fingerprint density at radius 1 is 1.18 bits per heavy atom.